The molecule has 6 heteroatoms. The third kappa shape index (κ3) is 2.70. The largest absolute Gasteiger partial charge is 0.397 e. The molecule has 0 fully saturated rings. The molecule has 0 aliphatic heterocycles. The molecule has 86 valence electrons. The average Bonchev–Trinajstić information content (AvgIpc) is 2.31. The van der Waals surface area contributed by atoms with Gasteiger partial charge in [-0.1, -0.05) is 17.7 Å². The second kappa shape index (κ2) is 4.80. The maximum Gasteiger partial charge on any atom is 0.174 e. The minimum absolute atomic E-state index is 0.442. The van der Waals surface area contributed by atoms with E-state index < -0.39 is 0 Å². The molecule has 2 aromatic rings. The van der Waals surface area contributed by atoms with E-state index in [4.69, 9.17) is 23.1 Å². The van der Waals surface area contributed by atoms with Crippen LogP contribution in [0.5, 0.6) is 0 Å². The number of anilines is 2. The Balaban J connectivity index is 2.29. The second-order valence-corrected chi connectivity index (χ2v) is 3.76. The number of pyridine rings is 1. The van der Waals surface area contributed by atoms with Gasteiger partial charge in [-0.05, 0) is 24.3 Å². The highest BCUT2D eigenvalue weighted by Gasteiger charge is 2.01. The molecular weight excluding hydrogens is 238 g/mol. The standard InChI is InChI=1S/C11H10ClN5/c12-7-4-5-10(15-6-7)16-17-11-8(13)2-1-3-9(11)14/h1-6H,13-14H2. The number of aromatic nitrogens is 1. The quantitative estimate of drug-likeness (QED) is 0.630. The summed E-state index contributed by atoms with van der Waals surface area (Å²) in [4.78, 5) is 3.98. The molecule has 0 aliphatic carbocycles. The zero-order chi connectivity index (χ0) is 12.3. The zero-order valence-corrected chi connectivity index (χ0v) is 9.59. The maximum atomic E-state index is 5.73. The first kappa shape index (κ1) is 11.3. The summed E-state index contributed by atoms with van der Waals surface area (Å²) in [5, 5.41) is 8.45. The predicted octanol–water partition coefficient (Wildman–Crippen LogP) is 3.31. The Morgan fingerprint density at radius 2 is 1.71 bits per heavy atom. The van der Waals surface area contributed by atoms with Crippen molar-refractivity contribution in [1.82, 2.24) is 4.98 Å². The summed E-state index contributed by atoms with van der Waals surface area (Å²) in [6, 6.07) is 8.51. The molecular formula is C11H10ClN5. The summed E-state index contributed by atoms with van der Waals surface area (Å²) in [5.41, 5.74) is 12.9. The molecule has 0 saturated carbocycles. The Morgan fingerprint density at radius 1 is 1.00 bits per heavy atom. The molecule has 0 unspecified atom stereocenters. The van der Waals surface area contributed by atoms with E-state index in [0.717, 1.165) is 0 Å². The van der Waals surface area contributed by atoms with Gasteiger partial charge in [0.2, 0.25) is 0 Å². The van der Waals surface area contributed by atoms with E-state index in [-0.39, 0.29) is 0 Å². The topological polar surface area (TPSA) is 89.7 Å². The molecule has 2 rings (SSSR count). The van der Waals surface area contributed by atoms with Crippen molar-refractivity contribution in [3.8, 4) is 0 Å². The summed E-state index contributed by atoms with van der Waals surface area (Å²) in [6.07, 6.45) is 1.49. The molecule has 0 atom stereocenters. The van der Waals surface area contributed by atoms with Crippen LogP contribution in [0.25, 0.3) is 0 Å². The Kier molecular flexibility index (Phi) is 3.20. The van der Waals surface area contributed by atoms with Gasteiger partial charge in [-0.3, -0.25) is 0 Å². The third-order valence-corrected chi connectivity index (χ3v) is 2.29. The fraction of sp³-hybridized carbons (Fsp3) is 0. The highest BCUT2D eigenvalue weighted by Crippen LogP contribution is 2.30. The Morgan fingerprint density at radius 3 is 2.29 bits per heavy atom. The van der Waals surface area contributed by atoms with Crippen LogP contribution in [-0.2, 0) is 0 Å². The van der Waals surface area contributed by atoms with Crippen molar-refractivity contribution in [2.75, 3.05) is 11.5 Å². The van der Waals surface area contributed by atoms with Gasteiger partial charge in [0.25, 0.3) is 0 Å². The SMILES string of the molecule is Nc1cccc(N)c1N=Nc1ccc(Cl)cn1. The number of rotatable bonds is 2. The normalized spacial score (nSPS) is 10.9. The molecule has 0 radical (unpaired) electrons. The van der Waals surface area contributed by atoms with E-state index in [1.54, 1.807) is 30.3 Å². The number of nitrogen functional groups attached to an aromatic ring is 2. The minimum atomic E-state index is 0.442. The Labute approximate surface area is 103 Å². The van der Waals surface area contributed by atoms with Gasteiger partial charge < -0.3 is 11.5 Å². The second-order valence-electron chi connectivity index (χ2n) is 3.32. The molecule has 0 aliphatic rings. The lowest BCUT2D eigenvalue weighted by atomic mass is 10.2. The van der Waals surface area contributed by atoms with Crippen molar-refractivity contribution in [1.29, 1.82) is 0 Å². The maximum absolute atomic E-state index is 5.73. The first-order chi connectivity index (χ1) is 8.16. The van der Waals surface area contributed by atoms with Crippen LogP contribution in [0.15, 0.2) is 46.8 Å². The van der Waals surface area contributed by atoms with Crippen molar-refractivity contribution < 1.29 is 0 Å². The summed E-state index contributed by atoms with van der Waals surface area (Å²) >= 11 is 5.70. The Hall–Kier alpha value is -2.14. The van der Waals surface area contributed by atoms with E-state index in [9.17, 15) is 0 Å². The highest BCUT2D eigenvalue weighted by molar-refractivity contribution is 6.30. The minimum Gasteiger partial charge on any atom is -0.397 e. The average molecular weight is 248 g/mol. The summed E-state index contributed by atoms with van der Waals surface area (Å²) < 4.78 is 0. The molecule has 5 nitrogen and oxygen atoms in total. The molecule has 4 N–H and O–H groups in total. The highest BCUT2D eigenvalue weighted by atomic mass is 35.5. The van der Waals surface area contributed by atoms with E-state index in [1.807, 2.05) is 0 Å². The fourth-order valence-electron chi connectivity index (χ4n) is 1.22. The molecule has 0 amide bonds. The van der Waals surface area contributed by atoms with Gasteiger partial charge in [0.15, 0.2) is 5.82 Å². The smallest absolute Gasteiger partial charge is 0.174 e. The summed E-state index contributed by atoms with van der Waals surface area (Å²) in [7, 11) is 0. The summed E-state index contributed by atoms with van der Waals surface area (Å²) in [6.45, 7) is 0. The van der Waals surface area contributed by atoms with Crippen molar-refractivity contribution in [2.45, 2.75) is 0 Å². The lowest BCUT2D eigenvalue weighted by molar-refractivity contribution is 1.16. The van der Waals surface area contributed by atoms with Crippen LogP contribution in [0.4, 0.5) is 22.9 Å². The van der Waals surface area contributed by atoms with Gasteiger partial charge >= 0.3 is 0 Å². The van der Waals surface area contributed by atoms with E-state index in [2.05, 4.69) is 15.2 Å². The van der Waals surface area contributed by atoms with E-state index in [0.29, 0.717) is 27.9 Å². The van der Waals surface area contributed by atoms with Gasteiger partial charge in [-0.25, -0.2) is 4.98 Å². The van der Waals surface area contributed by atoms with Gasteiger partial charge in [0, 0.05) is 6.20 Å². The van der Waals surface area contributed by atoms with Crippen LogP contribution in [0, 0.1) is 0 Å². The monoisotopic (exact) mass is 247 g/mol. The number of halogens is 1. The summed E-state index contributed by atoms with van der Waals surface area (Å²) in [5.74, 6) is 0.442. The number of nitrogens with two attached hydrogens (primary N) is 2. The van der Waals surface area contributed by atoms with E-state index >= 15 is 0 Å². The lowest BCUT2D eigenvalue weighted by Gasteiger charge is -2.01. The van der Waals surface area contributed by atoms with Crippen LogP contribution in [0.3, 0.4) is 0 Å². The van der Waals surface area contributed by atoms with Crippen molar-refractivity contribution in [3.63, 3.8) is 0 Å². The van der Waals surface area contributed by atoms with Crippen molar-refractivity contribution in [3.05, 3.63) is 41.6 Å². The number of hydrogen-bond donors (Lipinski definition) is 2. The van der Waals surface area contributed by atoms with Crippen molar-refractivity contribution in [2.24, 2.45) is 10.2 Å². The van der Waals surface area contributed by atoms with Gasteiger partial charge in [-0.15, -0.1) is 10.2 Å². The van der Waals surface area contributed by atoms with Gasteiger partial charge in [0.1, 0.15) is 5.69 Å². The van der Waals surface area contributed by atoms with Crippen LogP contribution < -0.4 is 11.5 Å². The van der Waals surface area contributed by atoms with Crippen molar-refractivity contribution >= 4 is 34.5 Å². The first-order valence-electron chi connectivity index (χ1n) is 4.84. The van der Waals surface area contributed by atoms with Crippen LogP contribution in [-0.4, -0.2) is 4.98 Å². The number of nitrogens with zero attached hydrogens (tertiary/aromatic N) is 3. The van der Waals surface area contributed by atoms with Gasteiger partial charge in [-0.2, -0.15) is 0 Å². The molecule has 1 aromatic heterocycles. The first-order valence-corrected chi connectivity index (χ1v) is 5.22. The number of azo groups is 1. The Bertz CT molecular complexity index is 530. The van der Waals surface area contributed by atoms with Crippen LogP contribution >= 0.6 is 11.6 Å². The lowest BCUT2D eigenvalue weighted by Crippen LogP contribution is -1.90. The molecule has 0 saturated heterocycles. The van der Waals surface area contributed by atoms with Crippen LogP contribution in [0.2, 0.25) is 5.02 Å². The third-order valence-electron chi connectivity index (χ3n) is 2.06. The predicted molar refractivity (Wildman–Crippen MR) is 68.7 cm³/mol. The molecule has 17 heavy (non-hydrogen) atoms. The molecule has 1 aromatic carbocycles. The number of hydrogen-bond acceptors (Lipinski definition) is 5. The zero-order valence-electron chi connectivity index (χ0n) is 8.84. The van der Waals surface area contributed by atoms with Gasteiger partial charge in [0.05, 0.1) is 16.4 Å². The van der Waals surface area contributed by atoms with Crippen LogP contribution in [0.1, 0.15) is 0 Å². The fourth-order valence-corrected chi connectivity index (χ4v) is 1.34. The molecule has 0 bridgehead atoms. The molecule has 0 spiro atoms. The molecule has 1 heterocycles. The van der Waals surface area contributed by atoms with E-state index in [1.165, 1.54) is 6.20 Å². The number of benzene rings is 1.